The molecule has 0 saturated heterocycles. The van der Waals surface area contributed by atoms with Crippen LogP contribution >= 0.6 is 0 Å². The zero-order valence-electron chi connectivity index (χ0n) is 15.0. The molecule has 1 fully saturated rings. The maximum atomic E-state index is 12.8. The van der Waals surface area contributed by atoms with Gasteiger partial charge in [0.15, 0.2) is 0 Å². The highest BCUT2D eigenvalue weighted by Gasteiger charge is 2.40. The zero-order valence-corrected chi connectivity index (χ0v) is 15.0. The number of nitrogens with one attached hydrogen (secondary N) is 2. The number of aromatic nitrogens is 2. The van der Waals surface area contributed by atoms with Gasteiger partial charge in [-0.1, -0.05) is 38.3 Å². The molecule has 6 nitrogen and oxygen atoms in total. The highest BCUT2D eigenvalue weighted by atomic mass is 16.2. The fraction of sp³-hybridized carbons (Fsp3) is 0.526. The number of amides is 2. The lowest BCUT2D eigenvalue weighted by atomic mass is 9.81. The lowest BCUT2D eigenvalue weighted by molar-refractivity contribution is -0.135. The highest BCUT2D eigenvalue weighted by molar-refractivity contribution is 5.91. The summed E-state index contributed by atoms with van der Waals surface area (Å²) in [7, 11) is 1.63. The van der Waals surface area contributed by atoms with Crippen LogP contribution in [0.3, 0.4) is 0 Å². The Morgan fingerprint density at radius 3 is 2.60 bits per heavy atom. The monoisotopic (exact) mass is 342 g/mol. The SMILES string of the molecule is CCc1nc2ccccc2n1CC(=O)NC1(C(=O)NC)CCCCC1. The molecule has 134 valence electrons. The van der Waals surface area contributed by atoms with Crippen molar-refractivity contribution in [2.45, 2.75) is 57.5 Å². The third-order valence-electron chi connectivity index (χ3n) is 5.10. The second-order valence-electron chi connectivity index (χ2n) is 6.73. The molecule has 0 unspecified atom stereocenters. The molecule has 6 heteroatoms. The van der Waals surface area contributed by atoms with Gasteiger partial charge >= 0.3 is 0 Å². The molecule has 1 heterocycles. The minimum atomic E-state index is -0.771. The molecule has 0 radical (unpaired) electrons. The second kappa shape index (κ2) is 7.25. The van der Waals surface area contributed by atoms with E-state index in [-0.39, 0.29) is 18.4 Å². The van der Waals surface area contributed by atoms with Gasteiger partial charge in [-0.2, -0.15) is 0 Å². The van der Waals surface area contributed by atoms with Gasteiger partial charge in [-0.15, -0.1) is 0 Å². The summed E-state index contributed by atoms with van der Waals surface area (Å²) in [6, 6.07) is 7.83. The van der Waals surface area contributed by atoms with Gasteiger partial charge in [0.25, 0.3) is 0 Å². The molecule has 1 saturated carbocycles. The van der Waals surface area contributed by atoms with Gasteiger partial charge in [-0.3, -0.25) is 9.59 Å². The molecular formula is C19H26N4O2. The van der Waals surface area contributed by atoms with E-state index in [0.29, 0.717) is 12.8 Å². The Morgan fingerprint density at radius 1 is 1.20 bits per heavy atom. The topological polar surface area (TPSA) is 76.0 Å². The standard InChI is InChI=1S/C19H26N4O2/c1-3-16-21-14-9-5-6-10-15(14)23(16)13-17(24)22-19(18(25)20-2)11-7-4-8-12-19/h5-6,9-10H,3-4,7-8,11-13H2,1-2H3,(H,20,25)(H,22,24). The molecule has 1 aliphatic carbocycles. The molecule has 1 aromatic heterocycles. The number of carbonyl (C=O) groups excluding carboxylic acids is 2. The lowest BCUT2D eigenvalue weighted by Gasteiger charge is -2.36. The van der Waals surface area contributed by atoms with Crippen LogP contribution in [-0.4, -0.2) is 34.0 Å². The van der Waals surface area contributed by atoms with E-state index in [4.69, 9.17) is 0 Å². The molecule has 3 rings (SSSR count). The number of para-hydroxylation sites is 2. The fourth-order valence-electron chi connectivity index (χ4n) is 3.83. The molecule has 25 heavy (non-hydrogen) atoms. The van der Waals surface area contributed by atoms with E-state index in [9.17, 15) is 9.59 Å². The van der Waals surface area contributed by atoms with Gasteiger partial charge in [0.1, 0.15) is 17.9 Å². The van der Waals surface area contributed by atoms with Crippen molar-refractivity contribution in [1.82, 2.24) is 20.2 Å². The van der Waals surface area contributed by atoms with E-state index in [1.54, 1.807) is 7.05 Å². The van der Waals surface area contributed by atoms with Gasteiger partial charge in [0, 0.05) is 13.5 Å². The highest BCUT2D eigenvalue weighted by Crippen LogP contribution is 2.28. The average molecular weight is 342 g/mol. The molecule has 0 bridgehead atoms. The normalized spacial score (nSPS) is 16.6. The van der Waals surface area contributed by atoms with Crippen LogP contribution in [0.15, 0.2) is 24.3 Å². The van der Waals surface area contributed by atoms with Crippen LogP contribution in [0.25, 0.3) is 11.0 Å². The lowest BCUT2D eigenvalue weighted by Crippen LogP contribution is -2.59. The Labute approximate surface area is 148 Å². The largest absolute Gasteiger partial charge is 0.357 e. The number of likely N-dealkylation sites (N-methyl/N-ethyl adjacent to an activating group) is 1. The summed E-state index contributed by atoms with van der Waals surface area (Å²) < 4.78 is 1.95. The Bertz CT molecular complexity index is 775. The van der Waals surface area contributed by atoms with Gasteiger partial charge in [-0.25, -0.2) is 4.98 Å². The summed E-state index contributed by atoms with van der Waals surface area (Å²) in [6.45, 7) is 2.21. The Kier molecular flexibility index (Phi) is 5.06. The number of fused-ring (bicyclic) bond motifs is 1. The number of benzene rings is 1. The first-order chi connectivity index (χ1) is 12.1. The number of imidazole rings is 1. The van der Waals surface area contributed by atoms with Crippen LogP contribution in [0, 0.1) is 0 Å². The average Bonchev–Trinajstić information content (AvgIpc) is 2.99. The fourth-order valence-corrected chi connectivity index (χ4v) is 3.83. The van der Waals surface area contributed by atoms with Crippen LogP contribution in [0.2, 0.25) is 0 Å². The molecule has 1 aromatic carbocycles. The number of hydrogen-bond donors (Lipinski definition) is 2. The van der Waals surface area contributed by atoms with Crippen molar-refractivity contribution in [2.24, 2.45) is 0 Å². The summed E-state index contributed by atoms with van der Waals surface area (Å²) in [4.78, 5) is 29.8. The molecule has 0 atom stereocenters. The molecular weight excluding hydrogens is 316 g/mol. The molecule has 0 aliphatic heterocycles. The summed E-state index contributed by atoms with van der Waals surface area (Å²) in [6.07, 6.45) is 5.18. The maximum Gasteiger partial charge on any atom is 0.245 e. The minimum absolute atomic E-state index is 0.0910. The summed E-state index contributed by atoms with van der Waals surface area (Å²) in [5, 5.41) is 5.76. The number of hydrogen-bond acceptors (Lipinski definition) is 3. The van der Waals surface area contributed by atoms with Crippen molar-refractivity contribution in [3.63, 3.8) is 0 Å². The molecule has 1 aliphatic rings. The van der Waals surface area contributed by atoms with E-state index < -0.39 is 5.54 Å². The van der Waals surface area contributed by atoms with Gasteiger partial charge < -0.3 is 15.2 Å². The van der Waals surface area contributed by atoms with Crippen LogP contribution in [-0.2, 0) is 22.6 Å². The van der Waals surface area contributed by atoms with Gasteiger partial charge in [0.05, 0.1) is 11.0 Å². The number of nitrogens with zero attached hydrogens (tertiary/aromatic N) is 2. The van der Waals surface area contributed by atoms with E-state index in [1.807, 2.05) is 35.8 Å². The Morgan fingerprint density at radius 2 is 1.92 bits per heavy atom. The molecule has 2 amide bonds. The van der Waals surface area contributed by atoms with Crippen LogP contribution in [0.4, 0.5) is 0 Å². The summed E-state index contributed by atoms with van der Waals surface area (Å²) in [5.74, 6) is 0.657. The smallest absolute Gasteiger partial charge is 0.245 e. The first kappa shape index (κ1) is 17.5. The Hall–Kier alpha value is -2.37. The third kappa shape index (κ3) is 3.38. The minimum Gasteiger partial charge on any atom is -0.357 e. The first-order valence-corrected chi connectivity index (χ1v) is 9.07. The maximum absolute atomic E-state index is 12.8. The van der Waals surface area contributed by atoms with Crippen molar-refractivity contribution in [3.8, 4) is 0 Å². The van der Waals surface area contributed by atoms with Gasteiger partial charge in [0.2, 0.25) is 11.8 Å². The van der Waals surface area contributed by atoms with Crippen LogP contribution in [0.5, 0.6) is 0 Å². The summed E-state index contributed by atoms with van der Waals surface area (Å²) in [5.41, 5.74) is 1.07. The second-order valence-corrected chi connectivity index (χ2v) is 6.73. The van der Waals surface area contributed by atoms with Crippen LogP contribution in [0.1, 0.15) is 44.9 Å². The van der Waals surface area contributed by atoms with Crippen molar-refractivity contribution >= 4 is 22.8 Å². The van der Waals surface area contributed by atoms with E-state index in [2.05, 4.69) is 15.6 Å². The molecule has 2 N–H and O–H groups in total. The van der Waals surface area contributed by atoms with Crippen molar-refractivity contribution in [2.75, 3.05) is 7.05 Å². The third-order valence-corrected chi connectivity index (χ3v) is 5.10. The van der Waals surface area contributed by atoms with E-state index >= 15 is 0 Å². The quantitative estimate of drug-likeness (QED) is 0.874. The summed E-state index contributed by atoms with van der Waals surface area (Å²) >= 11 is 0. The Balaban J connectivity index is 1.83. The zero-order chi connectivity index (χ0) is 17.9. The van der Waals surface area contributed by atoms with Crippen molar-refractivity contribution in [1.29, 1.82) is 0 Å². The number of aryl methyl sites for hydroxylation is 1. The van der Waals surface area contributed by atoms with Gasteiger partial charge in [-0.05, 0) is 25.0 Å². The number of carbonyl (C=O) groups is 2. The van der Waals surface area contributed by atoms with E-state index in [1.165, 1.54) is 0 Å². The van der Waals surface area contributed by atoms with E-state index in [0.717, 1.165) is 42.5 Å². The predicted molar refractivity (Wildman–Crippen MR) is 97.1 cm³/mol. The molecule has 0 spiro atoms. The van der Waals surface area contributed by atoms with Crippen LogP contribution < -0.4 is 10.6 Å². The molecule has 2 aromatic rings. The number of rotatable bonds is 5. The first-order valence-electron chi connectivity index (χ1n) is 9.07. The van der Waals surface area contributed by atoms with Crippen molar-refractivity contribution < 1.29 is 9.59 Å². The predicted octanol–water partition coefficient (Wildman–Crippen LogP) is 2.16. The van der Waals surface area contributed by atoms with Crippen molar-refractivity contribution in [3.05, 3.63) is 30.1 Å².